The number of hydrogen-bond donors (Lipinski definition) is 1. The Hall–Kier alpha value is -2.27. The minimum Gasteiger partial charge on any atom is -0.347 e. The Morgan fingerprint density at radius 3 is 2.67 bits per heavy atom. The van der Waals surface area contributed by atoms with Crippen molar-refractivity contribution in [2.24, 2.45) is 11.8 Å². The average Bonchev–Trinajstić information content (AvgIpc) is 3.27. The first kappa shape index (κ1) is 21.0. The van der Waals surface area contributed by atoms with E-state index in [1.165, 1.54) is 31.7 Å². The number of carbonyl (C=O) groups is 1. The molecule has 0 unspecified atom stereocenters. The van der Waals surface area contributed by atoms with Crippen molar-refractivity contribution in [3.8, 4) is 0 Å². The summed E-state index contributed by atoms with van der Waals surface area (Å²) in [6, 6.07) is 12.8. The second-order valence-corrected chi connectivity index (χ2v) is 8.88. The summed E-state index contributed by atoms with van der Waals surface area (Å²) in [5, 5.41) is 3.32. The van der Waals surface area contributed by atoms with Crippen molar-refractivity contribution < 1.29 is 9.18 Å². The molecule has 30 heavy (non-hydrogen) atoms. The van der Waals surface area contributed by atoms with Crippen LogP contribution in [0, 0.1) is 17.7 Å². The standard InChI is InChI=1S/C25H32FN3O/c26-22-12-4-3-10-20(22)17-29-15-7-11-21(18-29)25(23-13-5-6-14-27-23)28-24(30)16-19-8-1-2-9-19/h3-6,10,12-14,19,21,25H,1-2,7-9,11,15-18H2,(H,28,30)/t21-,25+/m0/s1. The van der Waals surface area contributed by atoms with Gasteiger partial charge in [0.05, 0.1) is 11.7 Å². The van der Waals surface area contributed by atoms with Crippen molar-refractivity contribution in [1.29, 1.82) is 0 Å². The van der Waals surface area contributed by atoms with Crippen molar-refractivity contribution in [3.63, 3.8) is 0 Å². The lowest BCUT2D eigenvalue weighted by Gasteiger charge is -2.37. The normalized spacial score (nSPS) is 21.4. The molecular formula is C25H32FN3O. The number of halogens is 1. The van der Waals surface area contributed by atoms with Crippen LogP contribution < -0.4 is 5.32 Å². The van der Waals surface area contributed by atoms with Crippen LogP contribution in [0.5, 0.6) is 0 Å². The van der Waals surface area contributed by atoms with Crippen molar-refractivity contribution >= 4 is 5.91 Å². The third kappa shape index (κ3) is 5.45. The van der Waals surface area contributed by atoms with E-state index in [1.807, 2.05) is 30.3 Å². The van der Waals surface area contributed by atoms with Gasteiger partial charge < -0.3 is 5.32 Å². The monoisotopic (exact) mass is 409 g/mol. The summed E-state index contributed by atoms with van der Waals surface area (Å²) in [7, 11) is 0. The van der Waals surface area contributed by atoms with Gasteiger partial charge in [0.1, 0.15) is 5.82 Å². The quantitative estimate of drug-likeness (QED) is 0.710. The topological polar surface area (TPSA) is 45.2 Å². The second-order valence-electron chi connectivity index (χ2n) is 8.88. The van der Waals surface area contributed by atoms with Crippen molar-refractivity contribution in [3.05, 3.63) is 65.7 Å². The molecule has 1 amide bonds. The molecule has 5 heteroatoms. The van der Waals surface area contributed by atoms with Crippen LogP contribution in [0.2, 0.25) is 0 Å². The van der Waals surface area contributed by atoms with Gasteiger partial charge in [0.25, 0.3) is 0 Å². The molecule has 1 aliphatic heterocycles. The fourth-order valence-electron chi connectivity index (χ4n) is 5.08. The van der Waals surface area contributed by atoms with Crippen molar-refractivity contribution in [2.75, 3.05) is 13.1 Å². The predicted octanol–water partition coefficient (Wildman–Crippen LogP) is 4.87. The second kappa shape index (κ2) is 10.2. The zero-order chi connectivity index (χ0) is 20.8. The van der Waals surface area contributed by atoms with E-state index in [-0.39, 0.29) is 23.7 Å². The van der Waals surface area contributed by atoms with Gasteiger partial charge in [-0.3, -0.25) is 14.7 Å². The van der Waals surface area contributed by atoms with Crippen LogP contribution >= 0.6 is 0 Å². The number of rotatable bonds is 7. The number of hydrogen-bond acceptors (Lipinski definition) is 3. The summed E-state index contributed by atoms with van der Waals surface area (Å²) < 4.78 is 14.1. The van der Waals surface area contributed by atoms with Crippen LogP contribution in [0.15, 0.2) is 48.7 Å². The smallest absolute Gasteiger partial charge is 0.220 e. The molecule has 4 rings (SSSR count). The molecule has 1 saturated heterocycles. The van der Waals surface area contributed by atoms with Crippen LogP contribution in [-0.4, -0.2) is 28.9 Å². The fraction of sp³-hybridized carbons (Fsp3) is 0.520. The molecule has 1 aromatic heterocycles. The van der Waals surface area contributed by atoms with Crippen LogP contribution in [-0.2, 0) is 11.3 Å². The van der Waals surface area contributed by atoms with Gasteiger partial charge in [-0.05, 0) is 62.3 Å². The number of pyridine rings is 1. The minimum absolute atomic E-state index is 0.0940. The Balaban J connectivity index is 1.45. The van der Waals surface area contributed by atoms with E-state index in [0.29, 0.717) is 18.9 Å². The molecule has 0 spiro atoms. The SMILES string of the molecule is O=C(CC1CCCC1)N[C@@H](c1ccccn1)[C@H]1CCCN(Cc2ccccc2F)C1. The maximum absolute atomic E-state index is 14.1. The maximum Gasteiger partial charge on any atom is 0.220 e. The Kier molecular flexibility index (Phi) is 7.11. The molecule has 1 aromatic carbocycles. The number of aromatic nitrogens is 1. The largest absolute Gasteiger partial charge is 0.347 e. The summed E-state index contributed by atoms with van der Waals surface area (Å²) in [5.74, 6) is 0.792. The Labute approximate surface area is 178 Å². The highest BCUT2D eigenvalue weighted by atomic mass is 19.1. The molecule has 4 nitrogen and oxygen atoms in total. The Morgan fingerprint density at radius 2 is 1.90 bits per heavy atom. The highest BCUT2D eigenvalue weighted by Crippen LogP contribution is 2.31. The van der Waals surface area contributed by atoms with E-state index < -0.39 is 0 Å². The lowest BCUT2D eigenvalue weighted by molar-refractivity contribution is -0.123. The summed E-state index contributed by atoms with van der Waals surface area (Å²) in [4.78, 5) is 19.7. The fourth-order valence-corrected chi connectivity index (χ4v) is 5.08. The van der Waals surface area contributed by atoms with E-state index in [1.54, 1.807) is 12.3 Å². The van der Waals surface area contributed by atoms with Crippen LogP contribution in [0.1, 0.15) is 62.2 Å². The molecule has 160 valence electrons. The van der Waals surface area contributed by atoms with E-state index in [9.17, 15) is 9.18 Å². The lowest BCUT2D eigenvalue weighted by atomic mass is 9.87. The lowest BCUT2D eigenvalue weighted by Crippen LogP contribution is -2.43. The zero-order valence-electron chi connectivity index (χ0n) is 17.6. The molecule has 1 N–H and O–H groups in total. The number of nitrogens with zero attached hydrogens (tertiary/aromatic N) is 2. The molecule has 2 fully saturated rings. The van der Waals surface area contributed by atoms with Gasteiger partial charge in [-0.2, -0.15) is 0 Å². The molecule has 2 heterocycles. The Bertz CT molecular complexity index is 822. The van der Waals surface area contributed by atoms with Crippen LogP contribution in [0.3, 0.4) is 0 Å². The molecule has 0 radical (unpaired) electrons. The van der Waals surface area contributed by atoms with Crippen LogP contribution in [0.4, 0.5) is 4.39 Å². The van der Waals surface area contributed by atoms with Gasteiger partial charge in [0.15, 0.2) is 0 Å². The summed E-state index contributed by atoms with van der Waals surface area (Å²) in [6.07, 6.45) is 9.33. The highest BCUT2D eigenvalue weighted by Gasteiger charge is 2.31. The number of piperidine rings is 1. The predicted molar refractivity (Wildman–Crippen MR) is 116 cm³/mol. The number of carbonyl (C=O) groups excluding carboxylic acids is 1. The van der Waals surface area contributed by atoms with Crippen molar-refractivity contribution in [1.82, 2.24) is 15.2 Å². The van der Waals surface area contributed by atoms with Gasteiger partial charge >= 0.3 is 0 Å². The minimum atomic E-state index is -0.147. The zero-order valence-corrected chi connectivity index (χ0v) is 17.6. The average molecular weight is 410 g/mol. The van der Waals surface area contributed by atoms with Gasteiger partial charge in [-0.15, -0.1) is 0 Å². The molecule has 1 aliphatic carbocycles. The van der Waals surface area contributed by atoms with E-state index in [2.05, 4.69) is 15.2 Å². The van der Waals surface area contributed by atoms with E-state index in [0.717, 1.165) is 37.2 Å². The van der Waals surface area contributed by atoms with Crippen molar-refractivity contribution in [2.45, 2.75) is 57.5 Å². The first-order chi connectivity index (χ1) is 14.7. The first-order valence-corrected chi connectivity index (χ1v) is 11.3. The molecular weight excluding hydrogens is 377 g/mol. The number of amides is 1. The van der Waals surface area contributed by atoms with Gasteiger partial charge in [-0.1, -0.05) is 37.1 Å². The van der Waals surface area contributed by atoms with Gasteiger partial charge in [-0.25, -0.2) is 4.39 Å². The molecule has 2 aliphatic rings. The number of benzene rings is 1. The van der Waals surface area contributed by atoms with Gasteiger partial charge in [0, 0.05) is 31.3 Å². The summed E-state index contributed by atoms with van der Waals surface area (Å²) in [6.45, 7) is 2.39. The maximum atomic E-state index is 14.1. The van der Waals surface area contributed by atoms with Crippen LogP contribution in [0.25, 0.3) is 0 Å². The van der Waals surface area contributed by atoms with E-state index in [4.69, 9.17) is 0 Å². The highest BCUT2D eigenvalue weighted by molar-refractivity contribution is 5.76. The Morgan fingerprint density at radius 1 is 1.10 bits per heavy atom. The number of likely N-dealkylation sites (tertiary alicyclic amines) is 1. The summed E-state index contributed by atoms with van der Waals surface area (Å²) in [5.41, 5.74) is 1.66. The molecule has 2 atom stereocenters. The third-order valence-corrected chi connectivity index (χ3v) is 6.64. The molecule has 1 saturated carbocycles. The molecule has 0 bridgehead atoms. The van der Waals surface area contributed by atoms with E-state index >= 15 is 0 Å². The third-order valence-electron chi connectivity index (χ3n) is 6.64. The first-order valence-electron chi connectivity index (χ1n) is 11.3. The van der Waals surface area contributed by atoms with Gasteiger partial charge in [0.2, 0.25) is 5.91 Å². The summed E-state index contributed by atoms with van der Waals surface area (Å²) >= 11 is 0. The number of nitrogens with one attached hydrogen (secondary N) is 1. The molecule has 2 aromatic rings.